The average Bonchev–Trinajstić information content (AvgIpc) is 2.96. The Labute approximate surface area is 121 Å². The van der Waals surface area contributed by atoms with E-state index < -0.39 is 12.0 Å². The fraction of sp³-hybridized carbons (Fsp3) is 0.400. The number of hydrogen-bond acceptors (Lipinski definition) is 8. The zero-order valence-electron chi connectivity index (χ0n) is 10.1. The van der Waals surface area contributed by atoms with E-state index in [2.05, 4.69) is 10.2 Å². The topological polar surface area (TPSA) is 123 Å². The van der Waals surface area contributed by atoms with E-state index in [4.69, 9.17) is 10.2 Å². The Balaban J connectivity index is 1.82. The van der Waals surface area contributed by atoms with E-state index in [1.807, 2.05) is 0 Å². The van der Waals surface area contributed by atoms with E-state index in [1.165, 1.54) is 34.8 Å². The number of hydrogen-bond donors (Lipinski definition) is 2. The Bertz CT molecular complexity index is 588. The van der Waals surface area contributed by atoms with Crippen molar-refractivity contribution in [1.82, 2.24) is 15.1 Å². The van der Waals surface area contributed by atoms with Crippen LogP contribution in [0.15, 0.2) is 27.3 Å². The molecule has 10 heteroatoms. The summed E-state index contributed by atoms with van der Waals surface area (Å²) in [5.41, 5.74) is 6.36. The number of aromatic nitrogens is 2. The van der Waals surface area contributed by atoms with Gasteiger partial charge in [0.25, 0.3) is 5.22 Å². The summed E-state index contributed by atoms with van der Waals surface area (Å²) in [6, 6.07) is -0.612. The van der Waals surface area contributed by atoms with Gasteiger partial charge in [-0.3, -0.25) is 9.69 Å². The summed E-state index contributed by atoms with van der Waals surface area (Å²) in [6.45, 7) is 0. The van der Waals surface area contributed by atoms with Crippen molar-refractivity contribution in [3.8, 4) is 0 Å². The monoisotopic (exact) mass is 314 g/mol. The minimum Gasteiger partial charge on any atom is -0.477 e. The Morgan fingerprint density at radius 1 is 1.70 bits per heavy atom. The smallest absolute Gasteiger partial charge is 0.352 e. The van der Waals surface area contributed by atoms with Crippen LogP contribution < -0.4 is 5.73 Å². The fourth-order valence-electron chi connectivity index (χ4n) is 2.07. The highest BCUT2D eigenvalue weighted by atomic mass is 32.2. The van der Waals surface area contributed by atoms with Crippen molar-refractivity contribution < 1.29 is 19.1 Å². The molecule has 1 aromatic rings. The molecule has 2 unspecified atom stereocenters. The highest BCUT2D eigenvalue weighted by Crippen LogP contribution is 2.40. The molecular weight excluding hydrogens is 304 g/mol. The van der Waals surface area contributed by atoms with Gasteiger partial charge < -0.3 is 15.3 Å². The van der Waals surface area contributed by atoms with Gasteiger partial charge in [0.2, 0.25) is 12.3 Å². The molecular formula is C10H10N4O4S2. The molecule has 2 aliphatic rings. The van der Waals surface area contributed by atoms with Crippen molar-refractivity contribution >= 4 is 35.4 Å². The van der Waals surface area contributed by atoms with E-state index in [0.29, 0.717) is 22.3 Å². The Morgan fingerprint density at radius 3 is 3.15 bits per heavy atom. The molecule has 0 aromatic carbocycles. The number of carboxylic acids is 1. The standard InChI is InChI=1S/C10H10N4O4S2/c11-5-7(15)14-6(9(16)17)4(1-19-8(5)14)2-20-10-13-12-3-18-10/h3,5,8H,1-2,11H2,(H,16,17). The molecule has 0 aliphatic carbocycles. The lowest BCUT2D eigenvalue weighted by atomic mass is 10.0. The maximum Gasteiger partial charge on any atom is 0.352 e. The highest BCUT2D eigenvalue weighted by Gasteiger charge is 2.51. The number of carbonyl (C=O) groups is 2. The largest absolute Gasteiger partial charge is 0.477 e. The number of carboxylic acid groups (broad SMARTS) is 1. The first-order valence-corrected chi connectivity index (χ1v) is 7.67. The lowest BCUT2D eigenvalue weighted by molar-refractivity contribution is -0.147. The molecule has 3 N–H and O–H groups in total. The first kappa shape index (κ1) is 13.5. The predicted molar refractivity (Wildman–Crippen MR) is 70.8 cm³/mol. The summed E-state index contributed by atoms with van der Waals surface area (Å²) >= 11 is 2.71. The molecule has 3 heterocycles. The van der Waals surface area contributed by atoms with Crippen LogP contribution in [0.5, 0.6) is 0 Å². The Kier molecular flexibility index (Phi) is 3.44. The van der Waals surface area contributed by atoms with Crippen LogP contribution in [0.2, 0.25) is 0 Å². The van der Waals surface area contributed by atoms with Gasteiger partial charge in [-0.05, 0) is 5.57 Å². The van der Waals surface area contributed by atoms with Gasteiger partial charge in [-0.25, -0.2) is 4.79 Å². The van der Waals surface area contributed by atoms with Gasteiger partial charge >= 0.3 is 5.97 Å². The molecule has 2 aliphatic heterocycles. The highest BCUT2D eigenvalue weighted by molar-refractivity contribution is 8.01. The van der Waals surface area contributed by atoms with Crippen LogP contribution >= 0.6 is 23.5 Å². The van der Waals surface area contributed by atoms with Gasteiger partial charge in [-0.15, -0.1) is 22.0 Å². The number of aliphatic carboxylic acids is 1. The van der Waals surface area contributed by atoms with Gasteiger partial charge in [0.15, 0.2) is 0 Å². The van der Waals surface area contributed by atoms with Gasteiger partial charge in [-0.1, -0.05) is 11.8 Å². The second-order valence-corrected chi connectivity index (χ2v) is 6.22. The maximum absolute atomic E-state index is 11.7. The number of nitrogens with zero attached hydrogens (tertiary/aromatic N) is 3. The van der Waals surface area contributed by atoms with Gasteiger partial charge in [0.1, 0.15) is 17.1 Å². The summed E-state index contributed by atoms with van der Waals surface area (Å²) in [4.78, 5) is 24.4. The first-order valence-electron chi connectivity index (χ1n) is 5.64. The minimum atomic E-state index is -1.11. The fourth-order valence-corrected chi connectivity index (χ4v) is 4.24. The number of carbonyl (C=O) groups excluding carboxylic acids is 1. The van der Waals surface area contributed by atoms with Crippen LogP contribution in [-0.4, -0.2) is 55.0 Å². The van der Waals surface area contributed by atoms with Gasteiger partial charge in [-0.2, -0.15) is 0 Å². The third-order valence-corrected chi connectivity index (χ3v) is 5.28. The zero-order valence-corrected chi connectivity index (χ0v) is 11.7. The van der Waals surface area contributed by atoms with E-state index in [1.54, 1.807) is 0 Å². The van der Waals surface area contributed by atoms with E-state index in [0.717, 1.165) is 0 Å². The van der Waals surface area contributed by atoms with Crippen molar-refractivity contribution in [1.29, 1.82) is 0 Å². The normalized spacial score (nSPS) is 25.4. The maximum atomic E-state index is 11.7. The summed E-state index contributed by atoms with van der Waals surface area (Å²) in [7, 11) is 0. The minimum absolute atomic E-state index is 0.0347. The molecule has 0 radical (unpaired) electrons. The van der Waals surface area contributed by atoms with Crippen LogP contribution in [0.3, 0.4) is 0 Å². The zero-order chi connectivity index (χ0) is 14.3. The molecule has 1 amide bonds. The molecule has 8 nitrogen and oxygen atoms in total. The van der Waals surface area contributed by atoms with Crippen molar-refractivity contribution in [2.24, 2.45) is 5.73 Å². The van der Waals surface area contributed by atoms with Crippen molar-refractivity contribution in [3.05, 3.63) is 17.7 Å². The summed E-state index contributed by atoms with van der Waals surface area (Å²) in [5.74, 6) is -0.565. The third kappa shape index (κ3) is 2.09. The molecule has 1 fully saturated rings. The SMILES string of the molecule is NC1C(=O)N2C(C(=O)O)=C(CSc3nnco3)CSC12. The van der Waals surface area contributed by atoms with Crippen LogP contribution in [0.25, 0.3) is 0 Å². The van der Waals surface area contributed by atoms with Crippen molar-refractivity contribution in [2.45, 2.75) is 16.6 Å². The number of β-lactam (4-membered cyclic amide) rings is 1. The second-order valence-electron chi connectivity index (χ2n) is 4.19. The summed E-state index contributed by atoms with van der Waals surface area (Å²) < 4.78 is 4.98. The molecule has 106 valence electrons. The summed E-state index contributed by atoms with van der Waals surface area (Å²) in [6.07, 6.45) is 1.21. The first-order chi connectivity index (χ1) is 9.59. The van der Waals surface area contributed by atoms with Gasteiger partial charge in [0.05, 0.1) is 0 Å². The molecule has 1 aromatic heterocycles. The number of nitrogens with two attached hydrogens (primary N) is 1. The van der Waals surface area contributed by atoms with Crippen LogP contribution in [0.4, 0.5) is 0 Å². The summed E-state index contributed by atoms with van der Waals surface area (Å²) in [5, 5.41) is 16.7. The number of fused-ring (bicyclic) bond motifs is 1. The lowest BCUT2D eigenvalue weighted by Crippen LogP contribution is -2.68. The van der Waals surface area contributed by atoms with E-state index in [-0.39, 0.29) is 17.0 Å². The predicted octanol–water partition coefficient (Wildman–Crippen LogP) is -0.257. The van der Waals surface area contributed by atoms with Gasteiger partial charge in [0, 0.05) is 11.5 Å². The number of thioether (sulfide) groups is 2. The molecule has 0 spiro atoms. The van der Waals surface area contributed by atoms with Crippen molar-refractivity contribution in [3.63, 3.8) is 0 Å². The molecule has 20 heavy (non-hydrogen) atoms. The van der Waals surface area contributed by atoms with Crippen LogP contribution in [-0.2, 0) is 9.59 Å². The van der Waals surface area contributed by atoms with Crippen LogP contribution in [0.1, 0.15) is 0 Å². The van der Waals surface area contributed by atoms with E-state index >= 15 is 0 Å². The second kappa shape index (κ2) is 5.11. The molecule has 1 saturated heterocycles. The average molecular weight is 314 g/mol. The quantitative estimate of drug-likeness (QED) is 0.571. The number of rotatable bonds is 4. The molecule has 2 atom stereocenters. The molecule has 3 rings (SSSR count). The van der Waals surface area contributed by atoms with Crippen LogP contribution in [0, 0.1) is 0 Å². The molecule has 0 saturated carbocycles. The third-order valence-electron chi connectivity index (χ3n) is 3.00. The Morgan fingerprint density at radius 2 is 2.50 bits per heavy atom. The van der Waals surface area contributed by atoms with Crippen molar-refractivity contribution in [2.75, 3.05) is 11.5 Å². The Hall–Kier alpha value is -1.52. The van der Waals surface area contributed by atoms with E-state index in [9.17, 15) is 14.7 Å². The molecule has 0 bridgehead atoms. The lowest BCUT2D eigenvalue weighted by Gasteiger charge is -2.48. The number of amides is 1.